The smallest absolute Gasteiger partial charge is 0.279 e. The highest BCUT2D eigenvalue weighted by molar-refractivity contribution is 6.06. The van der Waals surface area contributed by atoms with E-state index in [2.05, 4.69) is 11.4 Å². The molecule has 0 saturated carbocycles. The molecule has 0 aromatic heterocycles. The van der Waals surface area contributed by atoms with Crippen molar-refractivity contribution in [3.63, 3.8) is 0 Å². The van der Waals surface area contributed by atoms with Gasteiger partial charge >= 0.3 is 0 Å². The summed E-state index contributed by atoms with van der Waals surface area (Å²) < 4.78 is 0. The normalized spacial score (nSPS) is 11.5. The van der Waals surface area contributed by atoms with E-state index in [1.54, 1.807) is 6.07 Å². The van der Waals surface area contributed by atoms with Crippen molar-refractivity contribution in [3.8, 4) is 11.1 Å². The Kier molecular flexibility index (Phi) is 4.31. The van der Waals surface area contributed by atoms with Crippen LogP contribution in [-0.4, -0.2) is 15.8 Å². The van der Waals surface area contributed by atoms with Crippen LogP contribution in [0.2, 0.25) is 0 Å². The maximum absolute atomic E-state index is 12.7. The molecular formula is C21H15N3O5. The third kappa shape index (κ3) is 3.20. The molecule has 3 aromatic carbocycles. The second-order valence-corrected chi connectivity index (χ2v) is 6.81. The molecule has 0 atom stereocenters. The molecule has 4 rings (SSSR count). The Balaban J connectivity index is 1.66. The van der Waals surface area contributed by atoms with Gasteiger partial charge in [-0.05, 0) is 47.7 Å². The predicted octanol–water partition coefficient (Wildman–Crippen LogP) is 4.63. The van der Waals surface area contributed by atoms with Crippen molar-refractivity contribution in [1.82, 2.24) is 0 Å². The van der Waals surface area contributed by atoms with E-state index in [4.69, 9.17) is 0 Å². The van der Waals surface area contributed by atoms with Crippen molar-refractivity contribution >= 4 is 23.0 Å². The van der Waals surface area contributed by atoms with E-state index in [0.29, 0.717) is 5.69 Å². The number of nitrogens with zero attached hydrogens (tertiary/aromatic N) is 2. The fourth-order valence-electron chi connectivity index (χ4n) is 3.64. The van der Waals surface area contributed by atoms with E-state index in [-0.39, 0.29) is 11.1 Å². The highest BCUT2D eigenvalue weighted by Crippen LogP contribution is 2.37. The van der Waals surface area contributed by atoms with Crippen molar-refractivity contribution < 1.29 is 14.6 Å². The summed E-state index contributed by atoms with van der Waals surface area (Å²) in [6, 6.07) is 15.5. The van der Waals surface area contributed by atoms with Crippen molar-refractivity contribution in [3.05, 3.63) is 97.1 Å². The maximum Gasteiger partial charge on any atom is 0.279 e. The Morgan fingerprint density at radius 1 is 0.931 bits per heavy atom. The molecular weight excluding hydrogens is 374 g/mol. The first-order valence-electron chi connectivity index (χ1n) is 8.81. The van der Waals surface area contributed by atoms with Crippen LogP contribution in [0.25, 0.3) is 11.1 Å². The largest absolute Gasteiger partial charge is 0.322 e. The van der Waals surface area contributed by atoms with Gasteiger partial charge in [0.2, 0.25) is 0 Å². The average Bonchev–Trinajstić information content (AvgIpc) is 3.05. The van der Waals surface area contributed by atoms with E-state index in [0.717, 1.165) is 35.2 Å². The van der Waals surface area contributed by atoms with Crippen LogP contribution in [0.1, 0.15) is 27.0 Å². The number of hydrogen-bond acceptors (Lipinski definition) is 5. The molecule has 1 amide bonds. The number of benzene rings is 3. The monoisotopic (exact) mass is 389 g/mol. The summed E-state index contributed by atoms with van der Waals surface area (Å²) in [6.45, 7) is 1.40. The predicted molar refractivity (Wildman–Crippen MR) is 107 cm³/mol. The van der Waals surface area contributed by atoms with Crippen LogP contribution < -0.4 is 5.32 Å². The Bertz CT molecular complexity index is 1200. The minimum Gasteiger partial charge on any atom is -0.322 e. The van der Waals surface area contributed by atoms with Gasteiger partial charge in [0.25, 0.3) is 17.3 Å². The zero-order valence-corrected chi connectivity index (χ0v) is 15.3. The first-order chi connectivity index (χ1) is 13.8. The Hall–Kier alpha value is -4.07. The minimum absolute atomic E-state index is 0.0756. The van der Waals surface area contributed by atoms with Gasteiger partial charge in [0.15, 0.2) is 0 Å². The molecule has 1 aliphatic carbocycles. The second-order valence-electron chi connectivity index (χ2n) is 6.81. The SMILES string of the molecule is Cc1c(C(=O)Nc2ccc3c(c2)Cc2ccccc2-3)cc([N+](=O)[O-])cc1[N+](=O)[O-]. The molecule has 0 unspecified atom stereocenters. The lowest BCUT2D eigenvalue weighted by Crippen LogP contribution is -2.15. The van der Waals surface area contributed by atoms with E-state index >= 15 is 0 Å². The third-order valence-corrected chi connectivity index (χ3v) is 5.07. The van der Waals surface area contributed by atoms with Gasteiger partial charge in [-0.15, -0.1) is 0 Å². The lowest BCUT2D eigenvalue weighted by Gasteiger charge is -2.10. The lowest BCUT2D eigenvalue weighted by atomic mass is 10.0. The molecule has 8 nitrogen and oxygen atoms in total. The van der Waals surface area contributed by atoms with Crippen molar-refractivity contribution in [2.45, 2.75) is 13.3 Å². The Labute approximate surface area is 165 Å². The van der Waals surface area contributed by atoms with Gasteiger partial charge in [-0.2, -0.15) is 0 Å². The van der Waals surface area contributed by atoms with Gasteiger partial charge in [0.1, 0.15) is 0 Å². The Morgan fingerprint density at radius 2 is 1.66 bits per heavy atom. The van der Waals surface area contributed by atoms with E-state index in [1.165, 1.54) is 12.5 Å². The van der Waals surface area contributed by atoms with Crippen molar-refractivity contribution in [2.75, 3.05) is 5.32 Å². The first kappa shape index (κ1) is 18.3. The highest BCUT2D eigenvalue weighted by Gasteiger charge is 2.25. The number of nitro groups is 2. The second kappa shape index (κ2) is 6.83. The number of carbonyl (C=O) groups is 1. The quantitative estimate of drug-likeness (QED) is 0.403. The van der Waals surface area contributed by atoms with Crippen LogP contribution in [0.4, 0.5) is 17.1 Å². The summed E-state index contributed by atoms with van der Waals surface area (Å²) >= 11 is 0. The summed E-state index contributed by atoms with van der Waals surface area (Å²) in [4.78, 5) is 33.6. The molecule has 0 saturated heterocycles. The fourth-order valence-corrected chi connectivity index (χ4v) is 3.64. The molecule has 1 aliphatic rings. The van der Waals surface area contributed by atoms with Crippen molar-refractivity contribution in [2.24, 2.45) is 0 Å². The fraction of sp³-hybridized carbons (Fsp3) is 0.0952. The molecule has 0 spiro atoms. The number of fused-ring (bicyclic) bond motifs is 3. The summed E-state index contributed by atoms with van der Waals surface area (Å²) in [7, 11) is 0. The number of hydrogen-bond donors (Lipinski definition) is 1. The van der Waals surface area contributed by atoms with Crippen LogP contribution in [-0.2, 0) is 6.42 Å². The summed E-state index contributed by atoms with van der Waals surface area (Å²) in [5.41, 5.74) is 4.05. The summed E-state index contributed by atoms with van der Waals surface area (Å²) in [5.74, 6) is -0.634. The van der Waals surface area contributed by atoms with Crippen LogP contribution in [0.15, 0.2) is 54.6 Å². The van der Waals surface area contributed by atoms with E-state index in [9.17, 15) is 25.0 Å². The maximum atomic E-state index is 12.7. The number of nitro benzene ring substituents is 2. The number of nitrogens with one attached hydrogen (secondary N) is 1. The van der Waals surface area contributed by atoms with Gasteiger partial charge < -0.3 is 5.32 Å². The summed E-state index contributed by atoms with van der Waals surface area (Å²) in [6.07, 6.45) is 0.747. The average molecular weight is 389 g/mol. The van der Waals surface area contributed by atoms with E-state index in [1.807, 2.05) is 30.3 Å². The minimum atomic E-state index is -0.754. The number of non-ortho nitro benzene ring substituents is 1. The molecule has 0 fully saturated rings. The van der Waals surface area contributed by atoms with Crippen LogP contribution in [0, 0.1) is 27.2 Å². The number of anilines is 1. The lowest BCUT2D eigenvalue weighted by molar-refractivity contribution is -0.394. The summed E-state index contributed by atoms with van der Waals surface area (Å²) in [5, 5.41) is 25.0. The first-order valence-corrected chi connectivity index (χ1v) is 8.81. The van der Waals surface area contributed by atoms with Crippen LogP contribution in [0.3, 0.4) is 0 Å². The molecule has 144 valence electrons. The number of rotatable bonds is 4. The Morgan fingerprint density at radius 3 is 2.38 bits per heavy atom. The van der Waals surface area contributed by atoms with Crippen LogP contribution >= 0.6 is 0 Å². The zero-order chi connectivity index (χ0) is 20.7. The van der Waals surface area contributed by atoms with Gasteiger partial charge in [-0.25, -0.2) is 0 Å². The van der Waals surface area contributed by atoms with Gasteiger partial charge in [-0.1, -0.05) is 30.3 Å². The van der Waals surface area contributed by atoms with Gasteiger partial charge in [0.05, 0.1) is 21.5 Å². The van der Waals surface area contributed by atoms with Gasteiger partial charge in [0, 0.05) is 17.3 Å². The topological polar surface area (TPSA) is 115 Å². The molecule has 0 radical (unpaired) electrons. The molecule has 1 N–H and O–H groups in total. The van der Waals surface area contributed by atoms with Gasteiger partial charge in [-0.3, -0.25) is 25.0 Å². The molecule has 29 heavy (non-hydrogen) atoms. The van der Waals surface area contributed by atoms with E-state index < -0.39 is 27.1 Å². The number of carbonyl (C=O) groups excluding carboxylic acids is 1. The molecule has 0 heterocycles. The standard InChI is InChI=1S/C21H15N3O5/c1-12-19(10-16(23(26)27)11-20(12)24(28)29)21(25)22-15-6-7-18-14(9-15)8-13-4-2-3-5-17(13)18/h2-7,9-11H,8H2,1H3,(H,22,25). The zero-order valence-electron chi connectivity index (χ0n) is 15.3. The molecule has 8 heteroatoms. The molecule has 0 aliphatic heterocycles. The van der Waals surface area contributed by atoms with Crippen molar-refractivity contribution in [1.29, 1.82) is 0 Å². The third-order valence-electron chi connectivity index (χ3n) is 5.07. The highest BCUT2D eigenvalue weighted by atomic mass is 16.6. The number of amides is 1. The molecule has 3 aromatic rings. The molecule has 0 bridgehead atoms. The van der Waals surface area contributed by atoms with Crippen LogP contribution in [0.5, 0.6) is 0 Å².